The lowest BCUT2D eigenvalue weighted by atomic mass is 10.2. The van der Waals surface area contributed by atoms with Gasteiger partial charge in [-0.15, -0.1) is 17.9 Å². The predicted molar refractivity (Wildman–Crippen MR) is 100 cm³/mol. The molecule has 0 unspecified atom stereocenters. The van der Waals surface area contributed by atoms with Crippen LogP contribution in [0.25, 0.3) is 0 Å². The number of hydrogen-bond acceptors (Lipinski definition) is 8. The quantitative estimate of drug-likeness (QED) is 0.517. The standard InChI is InChI=1S/C16H23N3O5S2/c1-4-7-17-16-18-13(9-25-16)15(21)24-11(3)14(20)19(5-2)12-6-8-26(22,23)10-12/h4,9,11-12H,1,5-8,10H2,2-3H3,(H,17,18)/t11-,12+/m0/s1. The zero-order valence-electron chi connectivity index (χ0n) is 14.8. The van der Waals surface area contributed by atoms with Crippen LogP contribution in [0.15, 0.2) is 18.0 Å². The molecule has 10 heteroatoms. The van der Waals surface area contributed by atoms with Crippen LogP contribution >= 0.6 is 11.3 Å². The summed E-state index contributed by atoms with van der Waals surface area (Å²) >= 11 is 1.25. The number of aromatic nitrogens is 1. The predicted octanol–water partition coefficient (Wildman–Crippen LogP) is 1.32. The minimum absolute atomic E-state index is 0.0440. The fraction of sp³-hybridized carbons (Fsp3) is 0.562. The van der Waals surface area contributed by atoms with E-state index in [2.05, 4.69) is 16.9 Å². The first-order chi connectivity index (χ1) is 12.3. The number of ether oxygens (including phenoxy) is 1. The lowest BCUT2D eigenvalue weighted by molar-refractivity contribution is -0.141. The third-order valence-electron chi connectivity index (χ3n) is 4.02. The van der Waals surface area contributed by atoms with Gasteiger partial charge < -0.3 is 15.0 Å². The second-order valence-corrected chi connectivity index (χ2v) is 9.02. The van der Waals surface area contributed by atoms with Crippen LogP contribution in [-0.2, 0) is 19.4 Å². The van der Waals surface area contributed by atoms with Gasteiger partial charge in [0.25, 0.3) is 5.91 Å². The molecule has 0 spiro atoms. The number of rotatable bonds is 8. The molecule has 1 aromatic rings. The largest absolute Gasteiger partial charge is 0.448 e. The Morgan fingerprint density at radius 1 is 1.58 bits per heavy atom. The van der Waals surface area contributed by atoms with E-state index in [1.54, 1.807) is 18.4 Å². The normalized spacial score (nSPS) is 19.5. The Kier molecular flexibility index (Phi) is 6.76. The van der Waals surface area contributed by atoms with E-state index >= 15 is 0 Å². The van der Waals surface area contributed by atoms with Gasteiger partial charge in [0.2, 0.25) is 0 Å². The molecule has 26 heavy (non-hydrogen) atoms. The van der Waals surface area contributed by atoms with Gasteiger partial charge in [-0.25, -0.2) is 18.2 Å². The van der Waals surface area contributed by atoms with Gasteiger partial charge in [-0.1, -0.05) is 6.08 Å². The van der Waals surface area contributed by atoms with E-state index < -0.39 is 27.8 Å². The fourth-order valence-corrected chi connectivity index (χ4v) is 5.15. The van der Waals surface area contributed by atoms with Crippen molar-refractivity contribution in [3.63, 3.8) is 0 Å². The van der Waals surface area contributed by atoms with Gasteiger partial charge in [0.15, 0.2) is 26.8 Å². The maximum atomic E-state index is 12.6. The smallest absolute Gasteiger partial charge is 0.358 e. The van der Waals surface area contributed by atoms with Crippen molar-refractivity contribution in [1.29, 1.82) is 0 Å². The molecule has 0 aliphatic carbocycles. The molecule has 8 nitrogen and oxygen atoms in total. The first kappa shape index (κ1) is 20.4. The number of amides is 1. The molecule has 0 radical (unpaired) electrons. The van der Waals surface area contributed by atoms with E-state index in [0.29, 0.717) is 24.6 Å². The molecule has 2 rings (SSSR count). The molecular formula is C16H23N3O5S2. The Balaban J connectivity index is 1.97. The van der Waals surface area contributed by atoms with Gasteiger partial charge in [-0.3, -0.25) is 4.79 Å². The second-order valence-electron chi connectivity index (χ2n) is 5.94. The summed E-state index contributed by atoms with van der Waals surface area (Å²) in [5.74, 6) is -1.06. The minimum Gasteiger partial charge on any atom is -0.448 e. The van der Waals surface area contributed by atoms with Crippen molar-refractivity contribution in [2.24, 2.45) is 0 Å². The molecule has 0 saturated carbocycles. The van der Waals surface area contributed by atoms with Gasteiger partial charge in [-0.2, -0.15) is 0 Å². The van der Waals surface area contributed by atoms with Crippen LogP contribution in [-0.4, -0.2) is 66.9 Å². The Hall–Kier alpha value is -1.94. The van der Waals surface area contributed by atoms with Crippen LogP contribution < -0.4 is 5.32 Å². The van der Waals surface area contributed by atoms with Crippen molar-refractivity contribution < 1.29 is 22.7 Å². The number of carbonyl (C=O) groups excluding carboxylic acids is 2. The van der Waals surface area contributed by atoms with Crippen molar-refractivity contribution in [1.82, 2.24) is 9.88 Å². The molecule has 2 heterocycles. The average molecular weight is 402 g/mol. The van der Waals surface area contributed by atoms with Crippen LogP contribution in [0.2, 0.25) is 0 Å². The molecule has 1 aliphatic rings. The number of nitrogens with zero attached hydrogens (tertiary/aromatic N) is 2. The van der Waals surface area contributed by atoms with Gasteiger partial charge in [0, 0.05) is 24.5 Å². The number of anilines is 1. The third kappa shape index (κ3) is 5.04. The summed E-state index contributed by atoms with van der Waals surface area (Å²) in [6.07, 6.45) is 1.06. The Labute approximate surface area is 157 Å². The van der Waals surface area contributed by atoms with Crippen molar-refractivity contribution in [2.75, 3.05) is 29.9 Å². The molecule has 2 atom stereocenters. The van der Waals surface area contributed by atoms with Gasteiger partial charge in [0.05, 0.1) is 11.5 Å². The molecule has 1 saturated heterocycles. The third-order valence-corrected chi connectivity index (χ3v) is 6.57. The monoisotopic (exact) mass is 401 g/mol. The summed E-state index contributed by atoms with van der Waals surface area (Å²) in [7, 11) is -3.11. The zero-order chi connectivity index (χ0) is 19.3. The van der Waals surface area contributed by atoms with E-state index in [1.165, 1.54) is 23.2 Å². The highest BCUT2D eigenvalue weighted by atomic mass is 32.2. The van der Waals surface area contributed by atoms with Crippen molar-refractivity contribution in [3.8, 4) is 0 Å². The number of sulfone groups is 1. The maximum absolute atomic E-state index is 12.6. The molecular weight excluding hydrogens is 378 g/mol. The lowest BCUT2D eigenvalue weighted by Gasteiger charge is -2.29. The minimum atomic E-state index is -3.11. The van der Waals surface area contributed by atoms with Gasteiger partial charge in [0.1, 0.15) is 0 Å². The van der Waals surface area contributed by atoms with Crippen molar-refractivity contribution in [3.05, 3.63) is 23.7 Å². The zero-order valence-corrected chi connectivity index (χ0v) is 16.4. The summed E-state index contributed by atoms with van der Waals surface area (Å²) in [6, 6.07) is -0.368. The number of esters is 1. The van der Waals surface area contributed by atoms with Crippen molar-refractivity contribution in [2.45, 2.75) is 32.4 Å². The first-order valence-electron chi connectivity index (χ1n) is 8.29. The summed E-state index contributed by atoms with van der Waals surface area (Å²) in [5, 5.41) is 5.07. The molecule has 0 aromatic carbocycles. The number of likely N-dealkylation sites (N-methyl/N-ethyl adjacent to an activating group) is 1. The summed E-state index contributed by atoms with van der Waals surface area (Å²) in [6.45, 7) is 7.72. The first-order valence-corrected chi connectivity index (χ1v) is 11.0. The Bertz CT molecular complexity index is 775. The summed E-state index contributed by atoms with van der Waals surface area (Å²) in [4.78, 5) is 30.4. The molecule has 1 amide bonds. The average Bonchev–Trinajstić information content (AvgIpc) is 3.20. The Morgan fingerprint density at radius 3 is 2.88 bits per heavy atom. The molecule has 144 valence electrons. The van der Waals surface area contributed by atoms with Crippen LogP contribution in [0.4, 0.5) is 5.13 Å². The second kappa shape index (κ2) is 8.63. The highest BCUT2D eigenvalue weighted by Gasteiger charge is 2.36. The van der Waals surface area contributed by atoms with Gasteiger partial charge >= 0.3 is 5.97 Å². The number of carbonyl (C=O) groups is 2. The van der Waals surface area contributed by atoms with E-state index in [4.69, 9.17) is 4.74 Å². The highest BCUT2D eigenvalue weighted by Crippen LogP contribution is 2.20. The van der Waals surface area contributed by atoms with E-state index in [0.717, 1.165) is 0 Å². The van der Waals surface area contributed by atoms with Crippen LogP contribution in [0, 0.1) is 0 Å². The lowest BCUT2D eigenvalue weighted by Crippen LogP contribution is -2.46. The van der Waals surface area contributed by atoms with Crippen LogP contribution in [0.5, 0.6) is 0 Å². The number of nitrogens with one attached hydrogen (secondary N) is 1. The summed E-state index contributed by atoms with van der Waals surface area (Å²) < 4.78 is 28.5. The number of hydrogen-bond donors (Lipinski definition) is 1. The van der Waals surface area contributed by atoms with E-state index in [-0.39, 0.29) is 23.2 Å². The molecule has 0 bridgehead atoms. The molecule has 1 fully saturated rings. The van der Waals surface area contributed by atoms with Gasteiger partial charge in [-0.05, 0) is 20.3 Å². The van der Waals surface area contributed by atoms with Crippen molar-refractivity contribution >= 4 is 38.2 Å². The molecule has 1 N–H and O–H groups in total. The SMILES string of the molecule is C=CCNc1nc(C(=O)O[C@@H](C)C(=O)N(CC)[C@@H]2CCS(=O)(=O)C2)cs1. The maximum Gasteiger partial charge on any atom is 0.358 e. The number of thiazole rings is 1. The fourth-order valence-electron chi connectivity index (χ4n) is 2.73. The molecule has 1 aromatic heterocycles. The van der Waals surface area contributed by atoms with Crippen LogP contribution in [0.1, 0.15) is 30.8 Å². The topological polar surface area (TPSA) is 106 Å². The highest BCUT2D eigenvalue weighted by molar-refractivity contribution is 7.91. The van der Waals surface area contributed by atoms with Crippen LogP contribution in [0.3, 0.4) is 0 Å². The molecule has 1 aliphatic heterocycles. The summed E-state index contributed by atoms with van der Waals surface area (Å²) in [5.41, 5.74) is 0.118. The van der Waals surface area contributed by atoms with E-state index in [1.807, 2.05) is 0 Å². The van der Waals surface area contributed by atoms with E-state index in [9.17, 15) is 18.0 Å². The Morgan fingerprint density at radius 2 is 2.31 bits per heavy atom.